The third-order valence-corrected chi connectivity index (χ3v) is 6.08. The number of furan rings is 2. The Morgan fingerprint density at radius 3 is 2.44 bits per heavy atom. The molecule has 1 unspecified atom stereocenters. The van der Waals surface area contributed by atoms with Gasteiger partial charge in [0, 0.05) is 11.7 Å². The van der Waals surface area contributed by atoms with Crippen LogP contribution in [0.2, 0.25) is 0 Å². The second-order valence-corrected chi connectivity index (χ2v) is 8.69. The lowest BCUT2D eigenvalue weighted by molar-refractivity contribution is -0.127. The highest BCUT2D eigenvalue weighted by Gasteiger charge is 2.36. The van der Waals surface area contributed by atoms with Crippen LogP contribution >= 0.6 is 0 Å². The Hall–Kier alpha value is -4.01. The minimum absolute atomic E-state index is 0.0481. The van der Waals surface area contributed by atoms with Crippen molar-refractivity contribution in [3.63, 3.8) is 0 Å². The molecule has 0 spiro atoms. The lowest BCUT2D eigenvalue weighted by atomic mass is 10.1. The normalized spacial score (nSPS) is 14.3. The van der Waals surface area contributed by atoms with Crippen molar-refractivity contribution in [2.45, 2.75) is 51.6 Å². The summed E-state index contributed by atoms with van der Waals surface area (Å²) in [6, 6.07) is 12.4. The molecule has 1 aliphatic carbocycles. The van der Waals surface area contributed by atoms with Crippen LogP contribution in [0.1, 0.15) is 60.7 Å². The van der Waals surface area contributed by atoms with Crippen LogP contribution in [-0.4, -0.2) is 36.9 Å². The molecule has 1 atom stereocenters. The first-order valence-electron chi connectivity index (χ1n) is 12.2. The Kier molecular flexibility index (Phi) is 8.10. The van der Waals surface area contributed by atoms with Crippen molar-refractivity contribution in [3.05, 3.63) is 72.1 Å². The third kappa shape index (κ3) is 5.97. The summed E-state index contributed by atoms with van der Waals surface area (Å²) in [6.07, 6.45) is 5.27. The zero-order valence-corrected chi connectivity index (χ0v) is 20.5. The van der Waals surface area contributed by atoms with Gasteiger partial charge in [-0.15, -0.1) is 0 Å². The van der Waals surface area contributed by atoms with E-state index in [-0.39, 0.29) is 24.3 Å². The van der Waals surface area contributed by atoms with E-state index in [0.29, 0.717) is 29.6 Å². The SMILES string of the molecule is CCOc1ccc(N(C(=O)CNC(=O)c2ccco2)C(C(=O)NC2CCCC2)c2ccc(C)o2)cc1. The van der Waals surface area contributed by atoms with E-state index in [2.05, 4.69) is 10.6 Å². The van der Waals surface area contributed by atoms with Crippen LogP contribution in [0.4, 0.5) is 5.69 Å². The largest absolute Gasteiger partial charge is 0.494 e. The van der Waals surface area contributed by atoms with Crippen LogP contribution < -0.4 is 20.3 Å². The number of nitrogens with one attached hydrogen (secondary N) is 2. The van der Waals surface area contributed by atoms with Gasteiger partial charge < -0.3 is 24.2 Å². The van der Waals surface area contributed by atoms with Gasteiger partial charge in [-0.05, 0) is 75.2 Å². The highest BCUT2D eigenvalue weighted by Crippen LogP contribution is 2.31. The Morgan fingerprint density at radius 2 is 1.83 bits per heavy atom. The topological polar surface area (TPSA) is 114 Å². The molecule has 1 aromatic carbocycles. The molecule has 3 amide bonds. The van der Waals surface area contributed by atoms with Crippen molar-refractivity contribution in [1.29, 1.82) is 0 Å². The lowest BCUT2D eigenvalue weighted by Crippen LogP contribution is -2.49. The molecule has 190 valence electrons. The summed E-state index contributed by atoms with van der Waals surface area (Å²) in [7, 11) is 0. The van der Waals surface area contributed by atoms with Crippen molar-refractivity contribution < 1.29 is 28.0 Å². The predicted octanol–water partition coefficient (Wildman–Crippen LogP) is 4.14. The molecular weight excluding hydrogens is 462 g/mol. The summed E-state index contributed by atoms with van der Waals surface area (Å²) in [6.45, 7) is 3.81. The molecule has 9 heteroatoms. The van der Waals surface area contributed by atoms with E-state index < -0.39 is 17.9 Å². The van der Waals surface area contributed by atoms with Crippen LogP contribution in [0.5, 0.6) is 5.75 Å². The fraction of sp³-hybridized carbons (Fsp3) is 0.370. The number of ether oxygens (including phenoxy) is 1. The molecule has 1 saturated carbocycles. The standard InChI is InChI=1S/C27H31N3O6/c1-3-34-21-13-11-20(12-14-21)30(24(31)17-28-26(32)23-9-6-16-35-23)25(22-15-10-18(2)36-22)27(33)29-19-7-4-5-8-19/h6,9-16,19,25H,3-5,7-8,17H2,1-2H3,(H,28,32)(H,29,33). The smallest absolute Gasteiger partial charge is 0.287 e. The van der Waals surface area contributed by atoms with Crippen molar-refractivity contribution in [2.75, 3.05) is 18.1 Å². The minimum atomic E-state index is -1.06. The average molecular weight is 494 g/mol. The molecule has 1 fully saturated rings. The number of benzene rings is 1. The van der Waals surface area contributed by atoms with E-state index in [0.717, 1.165) is 25.7 Å². The molecule has 2 aromatic heterocycles. The maximum atomic E-state index is 13.6. The molecule has 0 radical (unpaired) electrons. The highest BCUT2D eigenvalue weighted by molar-refractivity contribution is 6.04. The van der Waals surface area contributed by atoms with Gasteiger partial charge in [-0.3, -0.25) is 19.3 Å². The molecule has 0 aliphatic heterocycles. The summed E-state index contributed by atoms with van der Waals surface area (Å²) in [5, 5.41) is 5.67. The summed E-state index contributed by atoms with van der Waals surface area (Å²) in [5.74, 6) is 0.334. The third-order valence-electron chi connectivity index (χ3n) is 6.08. The van der Waals surface area contributed by atoms with Crippen molar-refractivity contribution in [3.8, 4) is 5.75 Å². The first-order chi connectivity index (χ1) is 17.5. The van der Waals surface area contributed by atoms with Crippen molar-refractivity contribution >= 4 is 23.4 Å². The summed E-state index contributed by atoms with van der Waals surface area (Å²) in [4.78, 5) is 41.0. The zero-order valence-electron chi connectivity index (χ0n) is 20.5. The van der Waals surface area contributed by atoms with Crippen molar-refractivity contribution in [1.82, 2.24) is 10.6 Å². The van der Waals surface area contributed by atoms with Crippen LogP contribution in [0.3, 0.4) is 0 Å². The molecule has 9 nitrogen and oxygen atoms in total. The monoisotopic (exact) mass is 493 g/mol. The number of carbonyl (C=O) groups is 3. The van der Waals surface area contributed by atoms with E-state index in [9.17, 15) is 14.4 Å². The fourth-order valence-corrected chi connectivity index (χ4v) is 4.37. The minimum Gasteiger partial charge on any atom is -0.494 e. The summed E-state index contributed by atoms with van der Waals surface area (Å²) >= 11 is 0. The van der Waals surface area contributed by atoms with Gasteiger partial charge in [-0.2, -0.15) is 0 Å². The second-order valence-electron chi connectivity index (χ2n) is 8.69. The molecule has 3 aromatic rings. The Balaban J connectivity index is 1.66. The molecule has 4 rings (SSSR count). The van der Waals surface area contributed by atoms with Gasteiger partial charge in [0.1, 0.15) is 17.3 Å². The van der Waals surface area contributed by atoms with Gasteiger partial charge in [-0.25, -0.2) is 0 Å². The van der Waals surface area contributed by atoms with Crippen LogP contribution in [-0.2, 0) is 9.59 Å². The second kappa shape index (κ2) is 11.6. The number of hydrogen-bond donors (Lipinski definition) is 2. The maximum Gasteiger partial charge on any atom is 0.287 e. The number of aryl methyl sites for hydroxylation is 1. The van der Waals surface area contributed by atoms with E-state index in [4.69, 9.17) is 13.6 Å². The molecule has 2 heterocycles. The summed E-state index contributed by atoms with van der Waals surface area (Å²) in [5.41, 5.74) is 0.469. The zero-order chi connectivity index (χ0) is 25.5. The number of nitrogens with zero attached hydrogens (tertiary/aromatic N) is 1. The van der Waals surface area contributed by atoms with E-state index >= 15 is 0 Å². The fourth-order valence-electron chi connectivity index (χ4n) is 4.37. The average Bonchev–Trinajstić information content (AvgIpc) is 3.65. The molecule has 36 heavy (non-hydrogen) atoms. The lowest BCUT2D eigenvalue weighted by Gasteiger charge is -2.31. The summed E-state index contributed by atoms with van der Waals surface area (Å²) < 4.78 is 16.5. The van der Waals surface area contributed by atoms with E-state index in [1.165, 1.54) is 17.2 Å². The molecular formula is C27H31N3O6. The molecule has 0 bridgehead atoms. The van der Waals surface area contributed by atoms with Gasteiger partial charge in [0.05, 0.1) is 19.4 Å². The van der Waals surface area contributed by atoms with Gasteiger partial charge >= 0.3 is 0 Å². The molecule has 1 aliphatic rings. The molecule has 2 N–H and O–H groups in total. The number of carbonyl (C=O) groups excluding carboxylic acids is 3. The first kappa shape index (κ1) is 25.1. The number of amides is 3. The van der Waals surface area contributed by atoms with E-state index in [1.807, 2.05) is 6.92 Å². The van der Waals surface area contributed by atoms with E-state index in [1.54, 1.807) is 49.4 Å². The van der Waals surface area contributed by atoms with Gasteiger partial charge in [0.2, 0.25) is 5.91 Å². The van der Waals surface area contributed by atoms with Gasteiger partial charge in [0.25, 0.3) is 11.8 Å². The first-order valence-corrected chi connectivity index (χ1v) is 12.2. The maximum absolute atomic E-state index is 13.6. The van der Waals surface area contributed by atoms with Gasteiger partial charge in [-0.1, -0.05) is 12.8 Å². The Morgan fingerprint density at radius 1 is 1.08 bits per heavy atom. The highest BCUT2D eigenvalue weighted by atomic mass is 16.5. The van der Waals surface area contributed by atoms with Gasteiger partial charge in [0.15, 0.2) is 11.8 Å². The Labute approximate surface area is 209 Å². The molecule has 0 saturated heterocycles. The van der Waals surface area contributed by atoms with Crippen LogP contribution in [0.15, 0.2) is 63.6 Å². The predicted molar refractivity (Wildman–Crippen MR) is 133 cm³/mol. The number of hydrogen-bond acceptors (Lipinski definition) is 6. The number of anilines is 1. The van der Waals surface area contributed by atoms with Crippen LogP contribution in [0.25, 0.3) is 0 Å². The number of rotatable bonds is 10. The van der Waals surface area contributed by atoms with Crippen LogP contribution in [0, 0.1) is 6.92 Å². The quantitative estimate of drug-likeness (QED) is 0.439. The Bertz CT molecular complexity index is 1160. The van der Waals surface area contributed by atoms with Crippen molar-refractivity contribution in [2.24, 2.45) is 0 Å².